The van der Waals surface area contributed by atoms with Crippen molar-refractivity contribution < 1.29 is 0 Å². The van der Waals surface area contributed by atoms with Gasteiger partial charge in [0.25, 0.3) is 0 Å². The smallest absolute Gasteiger partial charge is 0.0541 e. The fourth-order valence-electron chi connectivity index (χ4n) is 9.14. The van der Waals surface area contributed by atoms with Crippen molar-refractivity contribution in [2.75, 3.05) is 9.80 Å². The maximum absolute atomic E-state index is 4.41. The average Bonchev–Trinajstić information content (AvgIpc) is 3.26. The van der Waals surface area contributed by atoms with Crippen LogP contribution in [0.15, 0.2) is 164 Å². The summed E-state index contributed by atoms with van der Waals surface area (Å²) in [5.74, 6) is 0. The normalized spacial score (nSPS) is 12.4. The number of allylic oxidation sites excluding steroid dienone is 1. The van der Waals surface area contributed by atoms with Crippen molar-refractivity contribution in [1.82, 2.24) is 9.97 Å². The molecule has 62 heavy (non-hydrogen) atoms. The zero-order chi connectivity index (χ0) is 43.2. The molecule has 4 heteroatoms. The lowest BCUT2D eigenvalue weighted by Crippen LogP contribution is -2.15. The Morgan fingerprint density at radius 1 is 0.452 bits per heavy atom. The van der Waals surface area contributed by atoms with Gasteiger partial charge in [-0.2, -0.15) is 0 Å². The van der Waals surface area contributed by atoms with Gasteiger partial charge in [-0.15, -0.1) is 0 Å². The SMILES string of the molecule is C/C=C/c1cc(N(c2ccccc2)c2ccncc2)c(/C=C/c2cc3cc(C(C)(C)C)c4cc(C)cc5cc(C(C)(C)C)c(c2)c3c54)cc1N(c1ccccc1)c1ccncc1. The van der Waals surface area contributed by atoms with Crippen LogP contribution in [-0.2, 0) is 10.8 Å². The number of hydrogen-bond donors (Lipinski definition) is 0. The zero-order valence-electron chi connectivity index (χ0n) is 37.1. The van der Waals surface area contributed by atoms with Crippen LogP contribution in [0.5, 0.6) is 0 Å². The number of nitrogens with zero attached hydrogens (tertiary/aromatic N) is 4. The average molecular weight is 807 g/mol. The van der Waals surface area contributed by atoms with Crippen molar-refractivity contribution in [2.45, 2.75) is 66.2 Å². The zero-order valence-corrected chi connectivity index (χ0v) is 37.1. The Bertz CT molecular complexity index is 3000. The van der Waals surface area contributed by atoms with Gasteiger partial charge in [0.1, 0.15) is 0 Å². The number of aryl methyl sites for hydroxylation is 1. The molecular weight excluding hydrogens is 753 g/mol. The fraction of sp³-hybridized carbons (Fsp3) is 0.172. The Morgan fingerprint density at radius 2 is 0.887 bits per heavy atom. The summed E-state index contributed by atoms with van der Waals surface area (Å²) in [6.07, 6.45) is 16.4. The van der Waals surface area contributed by atoms with Crippen LogP contribution in [0.1, 0.15) is 81.8 Å². The molecule has 0 unspecified atom stereocenters. The molecule has 0 aliphatic rings. The Hall–Kier alpha value is -7.04. The van der Waals surface area contributed by atoms with E-state index in [0.717, 1.165) is 50.8 Å². The van der Waals surface area contributed by atoms with Crippen LogP contribution < -0.4 is 9.80 Å². The molecule has 7 aromatic carbocycles. The molecule has 306 valence electrons. The molecule has 0 aliphatic carbocycles. The Kier molecular flexibility index (Phi) is 10.5. The van der Waals surface area contributed by atoms with Gasteiger partial charge in [0.2, 0.25) is 0 Å². The van der Waals surface area contributed by atoms with Gasteiger partial charge in [-0.1, -0.05) is 114 Å². The summed E-state index contributed by atoms with van der Waals surface area (Å²) < 4.78 is 0. The number of benzene rings is 7. The van der Waals surface area contributed by atoms with Gasteiger partial charge in [-0.25, -0.2) is 0 Å². The lowest BCUT2D eigenvalue weighted by Gasteiger charge is -2.31. The minimum Gasteiger partial charge on any atom is -0.310 e. The highest BCUT2D eigenvalue weighted by Gasteiger charge is 2.26. The summed E-state index contributed by atoms with van der Waals surface area (Å²) in [4.78, 5) is 13.5. The highest BCUT2D eigenvalue weighted by atomic mass is 15.2. The Labute approximate surface area is 366 Å². The summed E-state index contributed by atoms with van der Waals surface area (Å²) in [7, 11) is 0. The van der Waals surface area contributed by atoms with Gasteiger partial charge < -0.3 is 9.80 Å². The minimum atomic E-state index is -0.0645. The molecule has 0 atom stereocenters. The van der Waals surface area contributed by atoms with Crippen molar-refractivity contribution >= 4 is 84.7 Å². The van der Waals surface area contributed by atoms with Crippen LogP contribution in [-0.4, -0.2) is 9.97 Å². The minimum absolute atomic E-state index is 0.0352. The highest BCUT2D eigenvalue weighted by molar-refractivity contribution is 6.25. The molecule has 0 amide bonds. The number of para-hydroxylation sites is 2. The van der Waals surface area contributed by atoms with E-state index in [2.05, 4.69) is 233 Å². The van der Waals surface area contributed by atoms with Gasteiger partial charge in [-0.05, 0) is 164 Å². The summed E-state index contributed by atoms with van der Waals surface area (Å²) in [6, 6.07) is 48.7. The van der Waals surface area contributed by atoms with Crippen molar-refractivity contribution in [3.05, 3.63) is 198 Å². The first-order chi connectivity index (χ1) is 29.9. The second-order valence-electron chi connectivity index (χ2n) is 18.5. The van der Waals surface area contributed by atoms with Crippen LogP contribution >= 0.6 is 0 Å². The van der Waals surface area contributed by atoms with Gasteiger partial charge in [0, 0.05) is 58.7 Å². The molecule has 0 bridgehead atoms. The summed E-state index contributed by atoms with van der Waals surface area (Å²) in [5, 5.41) is 8.01. The quantitative estimate of drug-likeness (QED) is 0.107. The summed E-state index contributed by atoms with van der Waals surface area (Å²) in [5.41, 5.74) is 13.5. The summed E-state index contributed by atoms with van der Waals surface area (Å²) >= 11 is 0. The third kappa shape index (κ3) is 7.62. The van der Waals surface area contributed by atoms with E-state index in [4.69, 9.17) is 0 Å². The monoisotopic (exact) mass is 806 g/mol. The number of anilines is 6. The van der Waals surface area contributed by atoms with E-state index in [1.807, 2.05) is 24.8 Å². The van der Waals surface area contributed by atoms with Crippen LogP contribution in [0.4, 0.5) is 34.1 Å². The van der Waals surface area contributed by atoms with Crippen LogP contribution in [0, 0.1) is 6.92 Å². The predicted octanol–water partition coefficient (Wildman–Crippen LogP) is 16.4. The second kappa shape index (κ2) is 16.1. The van der Waals surface area contributed by atoms with E-state index >= 15 is 0 Å². The van der Waals surface area contributed by atoms with Crippen LogP contribution in [0.3, 0.4) is 0 Å². The van der Waals surface area contributed by atoms with E-state index in [-0.39, 0.29) is 10.8 Å². The largest absolute Gasteiger partial charge is 0.310 e. The number of pyridine rings is 2. The first kappa shape index (κ1) is 40.4. The lowest BCUT2D eigenvalue weighted by molar-refractivity contribution is 0.595. The molecule has 4 nitrogen and oxygen atoms in total. The van der Waals surface area contributed by atoms with E-state index in [9.17, 15) is 0 Å². The standard InChI is InChI=1S/C58H54N4/c1-9-16-41-37-54(62(46-19-14-11-15-20-46)48-25-29-60-30-26-48)42(38-53(41)61(45-17-12-10-13-18-45)47-23-27-59-28-24-47)22-21-40-33-44-36-51(57(3,4)5)49-32-39(2)31-43-35-52(58(6,7)8)50(34-40)56(44)55(43)49/h9-38H,1-8H3/b16-9+,22-21+. The highest BCUT2D eigenvalue weighted by Crippen LogP contribution is 2.47. The van der Waals surface area contributed by atoms with Crippen molar-refractivity contribution in [3.63, 3.8) is 0 Å². The molecule has 2 aromatic heterocycles. The van der Waals surface area contributed by atoms with E-state index in [1.54, 1.807) is 0 Å². The molecule has 9 rings (SSSR count). The molecule has 0 aliphatic heterocycles. The molecule has 9 aromatic rings. The number of hydrogen-bond acceptors (Lipinski definition) is 4. The van der Waals surface area contributed by atoms with Gasteiger partial charge in [0.05, 0.1) is 11.4 Å². The molecule has 0 fully saturated rings. The van der Waals surface area contributed by atoms with E-state index in [1.165, 1.54) is 49.0 Å². The van der Waals surface area contributed by atoms with Crippen LogP contribution in [0.25, 0.3) is 50.5 Å². The van der Waals surface area contributed by atoms with Crippen molar-refractivity contribution in [1.29, 1.82) is 0 Å². The fourth-order valence-corrected chi connectivity index (χ4v) is 9.14. The van der Waals surface area contributed by atoms with Crippen molar-refractivity contribution in [2.24, 2.45) is 0 Å². The van der Waals surface area contributed by atoms with Gasteiger partial charge in [0.15, 0.2) is 0 Å². The van der Waals surface area contributed by atoms with Gasteiger partial charge >= 0.3 is 0 Å². The van der Waals surface area contributed by atoms with Crippen LogP contribution in [0.2, 0.25) is 0 Å². The molecular formula is C58H54N4. The maximum atomic E-state index is 4.41. The van der Waals surface area contributed by atoms with Gasteiger partial charge in [-0.3, -0.25) is 9.97 Å². The Balaban J connectivity index is 1.34. The third-order valence-electron chi connectivity index (χ3n) is 11.9. The molecule has 0 saturated carbocycles. The summed E-state index contributed by atoms with van der Waals surface area (Å²) in [6.45, 7) is 18.4. The molecule has 2 heterocycles. The first-order valence-electron chi connectivity index (χ1n) is 21.7. The third-order valence-corrected chi connectivity index (χ3v) is 11.9. The molecule has 0 N–H and O–H groups in total. The maximum Gasteiger partial charge on any atom is 0.0541 e. The Morgan fingerprint density at radius 3 is 1.35 bits per heavy atom. The lowest BCUT2D eigenvalue weighted by atomic mass is 9.76. The number of aromatic nitrogens is 2. The number of rotatable bonds is 9. The topological polar surface area (TPSA) is 32.3 Å². The second-order valence-corrected chi connectivity index (χ2v) is 18.5. The first-order valence-corrected chi connectivity index (χ1v) is 21.7. The molecule has 0 saturated heterocycles. The van der Waals surface area contributed by atoms with Crippen molar-refractivity contribution in [3.8, 4) is 0 Å². The van der Waals surface area contributed by atoms with E-state index in [0.29, 0.717) is 0 Å². The molecule has 0 spiro atoms. The predicted molar refractivity (Wildman–Crippen MR) is 267 cm³/mol. The molecule has 0 radical (unpaired) electrons. The van der Waals surface area contributed by atoms with E-state index < -0.39 is 0 Å².